The summed E-state index contributed by atoms with van der Waals surface area (Å²) in [6.45, 7) is 5.93. The number of alkyl halides is 3. The molecule has 36 heavy (non-hydrogen) atoms. The van der Waals surface area contributed by atoms with E-state index in [0.717, 1.165) is 19.3 Å². The lowest BCUT2D eigenvalue weighted by Crippen LogP contribution is -2.38. The fraction of sp³-hybridized carbons (Fsp3) is 0.500. The van der Waals surface area contributed by atoms with Gasteiger partial charge < -0.3 is 25.4 Å². The SMILES string of the molecule is CC(C)(C)OC(=O)N[C@H]1CC[C@@H](CNc2nc(NCc3ccccc3OC(F)(F)F)ncc2C#N)C1. The van der Waals surface area contributed by atoms with E-state index in [9.17, 15) is 23.2 Å². The zero-order chi connectivity index (χ0) is 26.3. The number of amides is 1. The van der Waals surface area contributed by atoms with Crippen LogP contribution in [0.2, 0.25) is 0 Å². The third-order valence-electron chi connectivity index (χ3n) is 5.36. The van der Waals surface area contributed by atoms with Crippen LogP contribution in [-0.2, 0) is 11.3 Å². The Bertz CT molecular complexity index is 1100. The van der Waals surface area contributed by atoms with Crippen molar-refractivity contribution in [1.29, 1.82) is 5.26 Å². The fourth-order valence-electron chi connectivity index (χ4n) is 3.84. The maximum atomic E-state index is 12.7. The Kier molecular flexibility index (Phi) is 8.45. The van der Waals surface area contributed by atoms with E-state index in [4.69, 9.17) is 4.74 Å². The lowest BCUT2D eigenvalue weighted by Gasteiger charge is -2.21. The molecule has 1 amide bonds. The highest BCUT2D eigenvalue weighted by Crippen LogP contribution is 2.28. The molecule has 1 heterocycles. The van der Waals surface area contributed by atoms with Crippen molar-refractivity contribution in [2.75, 3.05) is 17.2 Å². The molecule has 0 bridgehead atoms. The van der Waals surface area contributed by atoms with E-state index in [1.54, 1.807) is 26.8 Å². The number of aromatic nitrogens is 2. The zero-order valence-electron chi connectivity index (χ0n) is 20.3. The van der Waals surface area contributed by atoms with Gasteiger partial charge in [-0.05, 0) is 52.0 Å². The number of rotatable bonds is 8. The molecule has 3 rings (SSSR count). The number of nitriles is 1. The molecule has 1 aliphatic carbocycles. The molecule has 0 radical (unpaired) electrons. The molecule has 1 aromatic carbocycles. The van der Waals surface area contributed by atoms with E-state index >= 15 is 0 Å². The predicted molar refractivity (Wildman–Crippen MR) is 126 cm³/mol. The molecule has 0 aliphatic heterocycles. The second-order valence-corrected chi connectivity index (χ2v) is 9.48. The molecule has 1 saturated carbocycles. The molecule has 3 N–H and O–H groups in total. The molecule has 9 nitrogen and oxygen atoms in total. The fourth-order valence-corrected chi connectivity index (χ4v) is 3.84. The number of nitrogens with one attached hydrogen (secondary N) is 3. The third kappa shape index (κ3) is 8.48. The first kappa shape index (κ1) is 26.8. The third-order valence-corrected chi connectivity index (χ3v) is 5.36. The summed E-state index contributed by atoms with van der Waals surface area (Å²) in [6.07, 6.45) is -1.47. The first-order chi connectivity index (χ1) is 16.9. The van der Waals surface area contributed by atoms with Crippen molar-refractivity contribution in [3.05, 3.63) is 41.6 Å². The van der Waals surface area contributed by atoms with Crippen molar-refractivity contribution in [2.45, 2.75) is 64.6 Å². The minimum Gasteiger partial charge on any atom is -0.444 e. The number of alkyl carbamates (subject to hydrolysis) is 1. The Balaban J connectivity index is 1.57. The van der Waals surface area contributed by atoms with E-state index < -0.39 is 18.1 Å². The van der Waals surface area contributed by atoms with Crippen LogP contribution in [0.4, 0.5) is 29.7 Å². The average molecular weight is 507 g/mol. The van der Waals surface area contributed by atoms with Gasteiger partial charge >= 0.3 is 12.5 Å². The molecule has 2 atom stereocenters. The highest BCUT2D eigenvalue weighted by molar-refractivity contribution is 5.68. The molecule has 0 saturated heterocycles. The smallest absolute Gasteiger partial charge is 0.444 e. The van der Waals surface area contributed by atoms with Gasteiger partial charge in [0.2, 0.25) is 5.95 Å². The Labute approximate surface area is 207 Å². The van der Waals surface area contributed by atoms with Gasteiger partial charge in [-0.3, -0.25) is 0 Å². The number of nitrogens with zero attached hydrogens (tertiary/aromatic N) is 3. The summed E-state index contributed by atoms with van der Waals surface area (Å²) in [5.41, 5.74) is -0.0571. The summed E-state index contributed by atoms with van der Waals surface area (Å²) in [5, 5.41) is 18.3. The molecule has 12 heteroatoms. The van der Waals surface area contributed by atoms with Gasteiger partial charge in [0.25, 0.3) is 0 Å². The van der Waals surface area contributed by atoms with Crippen molar-refractivity contribution >= 4 is 17.9 Å². The van der Waals surface area contributed by atoms with Gasteiger partial charge in [0.15, 0.2) is 0 Å². The van der Waals surface area contributed by atoms with Crippen molar-refractivity contribution < 1.29 is 27.4 Å². The van der Waals surface area contributed by atoms with E-state index in [0.29, 0.717) is 12.4 Å². The molecule has 0 spiro atoms. The quantitative estimate of drug-likeness (QED) is 0.459. The van der Waals surface area contributed by atoms with Gasteiger partial charge in [0, 0.05) is 24.7 Å². The normalized spacial score (nSPS) is 17.7. The van der Waals surface area contributed by atoms with Crippen molar-refractivity contribution in [3.8, 4) is 11.8 Å². The number of carbonyl (C=O) groups is 1. The average Bonchev–Trinajstić information content (AvgIpc) is 3.21. The molecule has 0 unspecified atom stereocenters. The summed E-state index contributed by atoms with van der Waals surface area (Å²) in [7, 11) is 0. The standard InChI is InChI=1S/C24H29F3N6O3/c1-23(2,3)36-22(34)32-18-9-8-15(10-18)12-29-20-17(11-28)14-31-21(33-20)30-13-16-6-4-5-7-19(16)35-24(25,26)27/h4-7,14-15,18H,8-10,12-13H2,1-3H3,(H,32,34)(H2,29,30,31,33)/t15-,18+/m1/s1. The summed E-state index contributed by atoms with van der Waals surface area (Å²) >= 11 is 0. The summed E-state index contributed by atoms with van der Waals surface area (Å²) in [4.78, 5) is 20.4. The highest BCUT2D eigenvalue weighted by Gasteiger charge is 2.32. The number of carbonyl (C=O) groups excluding carboxylic acids is 1. The zero-order valence-corrected chi connectivity index (χ0v) is 20.3. The van der Waals surface area contributed by atoms with E-state index in [2.05, 4.69) is 30.7 Å². The predicted octanol–water partition coefficient (Wildman–Crippen LogP) is 4.96. The van der Waals surface area contributed by atoms with Crippen LogP contribution >= 0.6 is 0 Å². The van der Waals surface area contributed by atoms with Crippen LogP contribution in [-0.4, -0.2) is 40.6 Å². The van der Waals surface area contributed by atoms with Crippen LogP contribution in [0.15, 0.2) is 30.5 Å². The monoisotopic (exact) mass is 506 g/mol. The summed E-state index contributed by atoms with van der Waals surface area (Å²) < 4.78 is 47.3. The van der Waals surface area contributed by atoms with Gasteiger partial charge in [-0.25, -0.2) is 9.78 Å². The van der Waals surface area contributed by atoms with Crippen molar-refractivity contribution in [3.63, 3.8) is 0 Å². The van der Waals surface area contributed by atoms with Crippen LogP contribution in [0, 0.1) is 17.2 Å². The maximum absolute atomic E-state index is 12.7. The number of benzene rings is 1. The molecule has 194 valence electrons. The number of ether oxygens (including phenoxy) is 2. The van der Waals surface area contributed by atoms with Crippen molar-refractivity contribution in [2.24, 2.45) is 5.92 Å². The van der Waals surface area contributed by atoms with E-state index in [-0.39, 0.29) is 41.3 Å². The summed E-state index contributed by atoms with van der Waals surface area (Å²) in [6, 6.07) is 7.80. The van der Waals surface area contributed by atoms with Gasteiger partial charge in [0.1, 0.15) is 28.8 Å². The molecule has 1 aliphatic rings. The number of para-hydroxylation sites is 1. The van der Waals surface area contributed by atoms with E-state index in [1.165, 1.54) is 24.4 Å². The van der Waals surface area contributed by atoms with Gasteiger partial charge in [-0.15, -0.1) is 13.2 Å². The molecule has 1 aromatic heterocycles. The Morgan fingerprint density at radius 3 is 2.64 bits per heavy atom. The largest absolute Gasteiger partial charge is 0.573 e. The second kappa shape index (κ2) is 11.3. The number of anilines is 2. The lowest BCUT2D eigenvalue weighted by molar-refractivity contribution is -0.274. The molecule has 2 aromatic rings. The molecular weight excluding hydrogens is 477 g/mol. The van der Waals surface area contributed by atoms with Crippen LogP contribution in [0.25, 0.3) is 0 Å². The minimum atomic E-state index is -4.81. The Hall–Kier alpha value is -3.75. The first-order valence-electron chi connectivity index (χ1n) is 11.5. The topological polar surface area (TPSA) is 121 Å². The van der Waals surface area contributed by atoms with E-state index in [1.807, 2.05) is 6.07 Å². The maximum Gasteiger partial charge on any atom is 0.573 e. The number of hydrogen-bond acceptors (Lipinski definition) is 8. The highest BCUT2D eigenvalue weighted by atomic mass is 19.4. The Morgan fingerprint density at radius 2 is 1.94 bits per heavy atom. The van der Waals surface area contributed by atoms with Crippen LogP contribution in [0.1, 0.15) is 51.2 Å². The number of halogens is 3. The summed E-state index contributed by atoms with van der Waals surface area (Å²) in [5.74, 6) is 0.391. The van der Waals surface area contributed by atoms with Crippen LogP contribution < -0.4 is 20.7 Å². The molecule has 1 fully saturated rings. The second-order valence-electron chi connectivity index (χ2n) is 9.48. The minimum absolute atomic E-state index is 0.00343. The van der Waals surface area contributed by atoms with Gasteiger partial charge in [-0.2, -0.15) is 10.2 Å². The van der Waals surface area contributed by atoms with Gasteiger partial charge in [-0.1, -0.05) is 18.2 Å². The molecular formula is C24H29F3N6O3. The van der Waals surface area contributed by atoms with Crippen LogP contribution in [0.3, 0.4) is 0 Å². The number of hydrogen-bond donors (Lipinski definition) is 3. The Morgan fingerprint density at radius 1 is 1.19 bits per heavy atom. The van der Waals surface area contributed by atoms with Crippen LogP contribution in [0.5, 0.6) is 5.75 Å². The lowest BCUT2D eigenvalue weighted by atomic mass is 10.1. The van der Waals surface area contributed by atoms with Gasteiger partial charge in [0.05, 0.1) is 6.20 Å². The first-order valence-corrected chi connectivity index (χ1v) is 11.5. The van der Waals surface area contributed by atoms with Crippen molar-refractivity contribution in [1.82, 2.24) is 15.3 Å².